The van der Waals surface area contributed by atoms with E-state index in [0.29, 0.717) is 30.2 Å². The molecule has 0 amide bonds. The third kappa shape index (κ3) is 4.95. The van der Waals surface area contributed by atoms with Gasteiger partial charge in [0, 0.05) is 18.0 Å². The van der Waals surface area contributed by atoms with Gasteiger partial charge in [-0.15, -0.1) is 0 Å². The molecule has 2 N–H and O–H groups in total. The molecular formula is C11H17NO4S. The molecule has 96 valence electrons. The van der Waals surface area contributed by atoms with E-state index in [9.17, 15) is 8.42 Å². The summed E-state index contributed by atoms with van der Waals surface area (Å²) in [6, 6.07) is 5.06. The maximum atomic E-state index is 10.9. The van der Waals surface area contributed by atoms with E-state index in [-0.39, 0.29) is 5.75 Å². The van der Waals surface area contributed by atoms with E-state index in [1.165, 1.54) is 13.4 Å². The topological polar surface area (TPSA) is 78.6 Å². The number of nitrogen functional groups attached to an aromatic ring is 1. The zero-order chi connectivity index (χ0) is 12.9. The summed E-state index contributed by atoms with van der Waals surface area (Å²) in [5, 5.41) is 0. The van der Waals surface area contributed by atoms with Crippen LogP contribution in [0.5, 0.6) is 11.5 Å². The molecule has 0 saturated carbocycles. The van der Waals surface area contributed by atoms with Crippen molar-refractivity contribution in [2.24, 2.45) is 0 Å². The van der Waals surface area contributed by atoms with Crippen molar-refractivity contribution in [2.75, 3.05) is 31.5 Å². The summed E-state index contributed by atoms with van der Waals surface area (Å²) >= 11 is 0. The fourth-order valence-electron chi connectivity index (χ4n) is 1.31. The smallest absolute Gasteiger partial charge is 0.162 e. The van der Waals surface area contributed by atoms with Crippen LogP contribution in [-0.2, 0) is 9.84 Å². The van der Waals surface area contributed by atoms with Gasteiger partial charge < -0.3 is 15.2 Å². The van der Waals surface area contributed by atoms with Crippen LogP contribution in [0.4, 0.5) is 5.69 Å². The van der Waals surface area contributed by atoms with Gasteiger partial charge in [0.25, 0.3) is 0 Å². The van der Waals surface area contributed by atoms with Gasteiger partial charge in [0.1, 0.15) is 9.84 Å². The molecule has 0 radical (unpaired) electrons. The highest BCUT2D eigenvalue weighted by molar-refractivity contribution is 7.90. The minimum absolute atomic E-state index is 0.115. The molecule has 5 nitrogen and oxygen atoms in total. The molecule has 1 aromatic carbocycles. The SMILES string of the molecule is COc1cc(N)ccc1OCCCS(C)(=O)=O. The average molecular weight is 259 g/mol. The monoisotopic (exact) mass is 259 g/mol. The molecular weight excluding hydrogens is 242 g/mol. The first-order valence-electron chi connectivity index (χ1n) is 5.16. The van der Waals surface area contributed by atoms with Crippen molar-refractivity contribution >= 4 is 15.5 Å². The van der Waals surface area contributed by atoms with Crippen molar-refractivity contribution in [3.63, 3.8) is 0 Å². The molecule has 0 fully saturated rings. The van der Waals surface area contributed by atoms with Gasteiger partial charge >= 0.3 is 0 Å². The van der Waals surface area contributed by atoms with Crippen LogP contribution in [0.2, 0.25) is 0 Å². The van der Waals surface area contributed by atoms with Crippen LogP contribution in [0.25, 0.3) is 0 Å². The molecule has 0 aliphatic heterocycles. The second-order valence-electron chi connectivity index (χ2n) is 3.74. The Morgan fingerprint density at radius 2 is 2.00 bits per heavy atom. The summed E-state index contributed by atoms with van der Waals surface area (Å²) < 4.78 is 32.4. The molecule has 0 heterocycles. The van der Waals surface area contributed by atoms with Crippen LogP contribution in [0.3, 0.4) is 0 Å². The van der Waals surface area contributed by atoms with Crippen LogP contribution in [0.1, 0.15) is 6.42 Å². The summed E-state index contributed by atoms with van der Waals surface area (Å²) in [5.41, 5.74) is 6.19. The average Bonchev–Trinajstić information content (AvgIpc) is 2.24. The lowest BCUT2D eigenvalue weighted by Gasteiger charge is -2.10. The van der Waals surface area contributed by atoms with Crippen LogP contribution >= 0.6 is 0 Å². The molecule has 0 aliphatic rings. The molecule has 0 aliphatic carbocycles. The first-order valence-corrected chi connectivity index (χ1v) is 7.22. The minimum atomic E-state index is -2.93. The second kappa shape index (κ2) is 5.77. The van der Waals surface area contributed by atoms with Crippen molar-refractivity contribution in [3.05, 3.63) is 18.2 Å². The third-order valence-corrected chi connectivity index (χ3v) is 3.13. The van der Waals surface area contributed by atoms with Crippen LogP contribution in [-0.4, -0.2) is 34.1 Å². The zero-order valence-electron chi connectivity index (χ0n) is 9.97. The lowest BCUT2D eigenvalue weighted by Crippen LogP contribution is -2.08. The van der Waals surface area contributed by atoms with Gasteiger partial charge in [-0.05, 0) is 18.6 Å². The summed E-state index contributed by atoms with van der Waals surface area (Å²) in [6.07, 6.45) is 1.66. The Morgan fingerprint density at radius 3 is 2.59 bits per heavy atom. The van der Waals surface area contributed by atoms with E-state index in [1.807, 2.05) is 0 Å². The van der Waals surface area contributed by atoms with Crippen molar-refractivity contribution in [1.29, 1.82) is 0 Å². The fourth-order valence-corrected chi connectivity index (χ4v) is 1.95. The van der Waals surface area contributed by atoms with Crippen LogP contribution < -0.4 is 15.2 Å². The van der Waals surface area contributed by atoms with Gasteiger partial charge in [-0.25, -0.2) is 8.42 Å². The van der Waals surface area contributed by atoms with Gasteiger partial charge in [0.15, 0.2) is 11.5 Å². The first-order chi connectivity index (χ1) is 7.92. The predicted octanol–water partition coefficient (Wildman–Crippen LogP) is 1.09. The molecule has 0 saturated heterocycles. The molecule has 0 aromatic heterocycles. The number of ether oxygens (including phenoxy) is 2. The first kappa shape index (κ1) is 13.6. The standard InChI is InChI=1S/C11H17NO4S/c1-15-11-8-9(12)4-5-10(11)16-6-3-7-17(2,13)14/h4-5,8H,3,6-7,12H2,1-2H3. The van der Waals surface area contributed by atoms with E-state index < -0.39 is 9.84 Å². The lowest BCUT2D eigenvalue weighted by atomic mass is 10.3. The predicted molar refractivity (Wildman–Crippen MR) is 67.2 cm³/mol. The van der Waals surface area contributed by atoms with E-state index >= 15 is 0 Å². The van der Waals surface area contributed by atoms with Gasteiger partial charge in [-0.3, -0.25) is 0 Å². The maximum absolute atomic E-state index is 10.9. The zero-order valence-corrected chi connectivity index (χ0v) is 10.8. The highest BCUT2D eigenvalue weighted by Crippen LogP contribution is 2.28. The Kier molecular flexibility index (Phi) is 4.62. The normalized spacial score (nSPS) is 11.2. The Morgan fingerprint density at radius 1 is 1.29 bits per heavy atom. The van der Waals surface area contributed by atoms with Crippen molar-refractivity contribution < 1.29 is 17.9 Å². The summed E-state index contributed by atoms with van der Waals surface area (Å²) in [7, 11) is -1.41. The molecule has 17 heavy (non-hydrogen) atoms. The summed E-state index contributed by atoms with van der Waals surface area (Å²) in [5.74, 6) is 1.23. The molecule has 6 heteroatoms. The Bertz CT molecular complexity index is 470. The Labute approximate surface area is 101 Å². The summed E-state index contributed by atoms with van der Waals surface area (Å²) in [4.78, 5) is 0. The quantitative estimate of drug-likeness (QED) is 0.611. The number of benzene rings is 1. The highest BCUT2D eigenvalue weighted by atomic mass is 32.2. The molecule has 0 spiro atoms. The van der Waals surface area contributed by atoms with Gasteiger partial charge in [-0.2, -0.15) is 0 Å². The molecule has 1 aromatic rings. The third-order valence-electron chi connectivity index (χ3n) is 2.10. The van der Waals surface area contributed by atoms with Crippen molar-refractivity contribution in [2.45, 2.75) is 6.42 Å². The summed E-state index contributed by atoms with van der Waals surface area (Å²) in [6.45, 7) is 0.327. The van der Waals surface area contributed by atoms with E-state index in [0.717, 1.165) is 0 Å². The number of hydrogen-bond acceptors (Lipinski definition) is 5. The minimum Gasteiger partial charge on any atom is -0.493 e. The lowest BCUT2D eigenvalue weighted by molar-refractivity contribution is 0.295. The Hall–Kier alpha value is -1.43. The largest absolute Gasteiger partial charge is 0.493 e. The number of hydrogen-bond donors (Lipinski definition) is 1. The van der Waals surface area contributed by atoms with E-state index in [4.69, 9.17) is 15.2 Å². The number of nitrogens with two attached hydrogens (primary N) is 1. The molecule has 0 atom stereocenters. The maximum Gasteiger partial charge on any atom is 0.162 e. The number of methoxy groups -OCH3 is 1. The highest BCUT2D eigenvalue weighted by Gasteiger charge is 2.06. The van der Waals surface area contributed by atoms with Crippen molar-refractivity contribution in [1.82, 2.24) is 0 Å². The second-order valence-corrected chi connectivity index (χ2v) is 6.00. The molecule has 1 rings (SSSR count). The van der Waals surface area contributed by atoms with Gasteiger partial charge in [-0.1, -0.05) is 0 Å². The van der Waals surface area contributed by atoms with Gasteiger partial charge in [0.05, 0.1) is 19.5 Å². The van der Waals surface area contributed by atoms with E-state index in [2.05, 4.69) is 0 Å². The van der Waals surface area contributed by atoms with Crippen LogP contribution in [0, 0.1) is 0 Å². The Balaban J connectivity index is 2.52. The fraction of sp³-hybridized carbons (Fsp3) is 0.455. The number of sulfone groups is 1. The number of anilines is 1. The molecule has 0 unspecified atom stereocenters. The van der Waals surface area contributed by atoms with E-state index in [1.54, 1.807) is 18.2 Å². The van der Waals surface area contributed by atoms with Crippen molar-refractivity contribution in [3.8, 4) is 11.5 Å². The molecule has 0 bridgehead atoms. The van der Waals surface area contributed by atoms with Crippen LogP contribution in [0.15, 0.2) is 18.2 Å². The number of rotatable bonds is 6. The van der Waals surface area contributed by atoms with Gasteiger partial charge in [0.2, 0.25) is 0 Å².